The molecule has 128 valence electrons. The highest BCUT2D eigenvalue weighted by atomic mass is 15.1. The Kier molecular flexibility index (Phi) is 4.95. The summed E-state index contributed by atoms with van der Waals surface area (Å²) in [5, 5.41) is 12.8. The van der Waals surface area contributed by atoms with Crippen LogP contribution in [0.5, 0.6) is 0 Å². The minimum atomic E-state index is 0.0699. The van der Waals surface area contributed by atoms with Crippen molar-refractivity contribution in [2.75, 3.05) is 5.73 Å². The number of aromatic nitrogens is 4. The van der Waals surface area contributed by atoms with E-state index in [1.165, 1.54) is 6.21 Å². The van der Waals surface area contributed by atoms with Gasteiger partial charge in [-0.2, -0.15) is 10.4 Å². The van der Waals surface area contributed by atoms with E-state index in [4.69, 9.17) is 16.8 Å². The lowest BCUT2D eigenvalue weighted by Crippen LogP contribution is -2.11. The third-order valence-electron chi connectivity index (χ3n) is 3.44. The van der Waals surface area contributed by atoms with Crippen molar-refractivity contribution >= 4 is 17.9 Å². The molecule has 5 N–H and O–H groups in total. The number of rotatable bonds is 5. The smallest absolute Gasteiger partial charge is 0.221 e. The molecule has 0 atom stereocenters. The van der Waals surface area contributed by atoms with E-state index in [9.17, 15) is 0 Å². The van der Waals surface area contributed by atoms with Crippen molar-refractivity contribution in [1.29, 1.82) is 5.26 Å². The summed E-state index contributed by atoms with van der Waals surface area (Å²) in [4.78, 5) is 19.7. The van der Waals surface area contributed by atoms with E-state index < -0.39 is 0 Å². The highest BCUT2D eigenvalue weighted by Gasteiger charge is 2.10. The summed E-state index contributed by atoms with van der Waals surface area (Å²) in [5.41, 5.74) is 8.43. The molecule has 0 fully saturated rings. The number of nitrogen functional groups attached to an aromatic ring is 1. The van der Waals surface area contributed by atoms with Crippen molar-refractivity contribution < 1.29 is 0 Å². The van der Waals surface area contributed by atoms with Crippen LogP contribution < -0.4 is 11.6 Å². The average molecular weight is 345 g/mol. The van der Waals surface area contributed by atoms with E-state index in [0.717, 1.165) is 5.56 Å². The maximum absolute atomic E-state index is 9.05. The first-order valence-corrected chi connectivity index (χ1v) is 7.61. The van der Waals surface area contributed by atoms with Gasteiger partial charge in [0.15, 0.2) is 0 Å². The third-order valence-corrected chi connectivity index (χ3v) is 3.44. The predicted octanol–water partition coefficient (Wildman–Crippen LogP) is 1.25. The Morgan fingerprint density at radius 2 is 2.19 bits per heavy atom. The molecular formula is C17H15N9. The van der Waals surface area contributed by atoms with Gasteiger partial charge in [0.2, 0.25) is 5.95 Å². The van der Waals surface area contributed by atoms with Crippen molar-refractivity contribution in [3.05, 3.63) is 59.8 Å². The van der Waals surface area contributed by atoms with Crippen LogP contribution in [0.2, 0.25) is 0 Å². The topological polar surface area (TPSA) is 155 Å². The fourth-order valence-corrected chi connectivity index (χ4v) is 2.26. The number of hydrogen-bond donors (Lipinski definition) is 3. The molecule has 0 aliphatic carbocycles. The fraction of sp³-hybridized carbons (Fsp3) is 0.0588. The van der Waals surface area contributed by atoms with Gasteiger partial charge >= 0.3 is 0 Å². The summed E-state index contributed by atoms with van der Waals surface area (Å²) in [5.74, 6) is 6.26. The van der Waals surface area contributed by atoms with Gasteiger partial charge in [-0.05, 0) is 18.2 Å². The van der Waals surface area contributed by atoms with Crippen LogP contribution in [0.1, 0.15) is 17.1 Å². The Morgan fingerprint density at radius 3 is 2.92 bits per heavy atom. The van der Waals surface area contributed by atoms with Crippen molar-refractivity contribution in [2.24, 2.45) is 15.9 Å². The number of anilines is 1. The van der Waals surface area contributed by atoms with Gasteiger partial charge in [-0.15, -0.1) is 0 Å². The Bertz CT molecular complexity index is 997. The molecule has 3 aromatic rings. The Labute approximate surface area is 149 Å². The monoisotopic (exact) mass is 345 g/mol. The lowest BCUT2D eigenvalue weighted by atomic mass is 10.1. The Morgan fingerprint density at radius 1 is 1.31 bits per heavy atom. The molecule has 0 saturated carbocycles. The quantitative estimate of drug-likeness (QED) is 0.359. The fourth-order valence-electron chi connectivity index (χ4n) is 2.26. The zero-order chi connectivity index (χ0) is 18.4. The van der Waals surface area contributed by atoms with Crippen molar-refractivity contribution in [1.82, 2.24) is 19.9 Å². The number of aliphatic imine (C=N–C) groups is 1. The second-order valence-corrected chi connectivity index (χ2v) is 5.21. The molecule has 2 aromatic heterocycles. The van der Waals surface area contributed by atoms with Crippen LogP contribution in [0, 0.1) is 11.3 Å². The summed E-state index contributed by atoms with van der Waals surface area (Å²) in [6.45, 7) is 0.351. The van der Waals surface area contributed by atoms with Crippen LogP contribution in [0.4, 0.5) is 5.95 Å². The van der Waals surface area contributed by atoms with Crippen LogP contribution in [0.3, 0.4) is 0 Å². The van der Waals surface area contributed by atoms with E-state index >= 15 is 0 Å². The molecule has 0 radical (unpaired) electrons. The number of hydrazone groups is 1. The maximum atomic E-state index is 9.05. The molecule has 2 heterocycles. The highest BCUT2D eigenvalue weighted by Crippen LogP contribution is 2.20. The minimum absolute atomic E-state index is 0.0699. The van der Waals surface area contributed by atoms with Gasteiger partial charge in [0, 0.05) is 18.0 Å². The van der Waals surface area contributed by atoms with Crippen LogP contribution in [0.15, 0.2) is 52.8 Å². The Balaban J connectivity index is 1.90. The van der Waals surface area contributed by atoms with Gasteiger partial charge in [-0.25, -0.2) is 15.0 Å². The summed E-state index contributed by atoms with van der Waals surface area (Å²) in [6, 6.07) is 10.8. The molecule has 9 heteroatoms. The van der Waals surface area contributed by atoms with Gasteiger partial charge in [-0.1, -0.05) is 12.1 Å². The van der Waals surface area contributed by atoms with Crippen molar-refractivity contribution in [3.63, 3.8) is 0 Å². The number of nitriles is 1. The lowest BCUT2D eigenvalue weighted by Gasteiger charge is -2.06. The first-order valence-electron chi connectivity index (χ1n) is 7.61. The van der Waals surface area contributed by atoms with E-state index in [2.05, 4.69) is 36.1 Å². The Hall–Kier alpha value is -4.06. The molecule has 26 heavy (non-hydrogen) atoms. The molecular weight excluding hydrogens is 330 g/mol. The highest BCUT2D eigenvalue weighted by molar-refractivity contribution is 6.37. The van der Waals surface area contributed by atoms with Crippen LogP contribution in [-0.2, 0) is 6.54 Å². The first-order chi connectivity index (χ1) is 12.7. The molecule has 0 saturated heterocycles. The molecule has 0 aliphatic rings. The second kappa shape index (κ2) is 7.67. The van der Waals surface area contributed by atoms with Gasteiger partial charge < -0.3 is 16.6 Å². The minimum Gasteiger partial charge on any atom is -0.368 e. The number of nitrogens with one attached hydrogen (secondary N) is 1. The molecule has 9 nitrogen and oxygen atoms in total. The van der Waals surface area contributed by atoms with Crippen LogP contribution in [-0.4, -0.2) is 31.9 Å². The van der Waals surface area contributed by atoms with E-state index in [-0.39, 0.29) is 5.95 Å². The molecule has 0 aliphatic heterocycles. The van der Waals surface area contributed by atoms with Gasteiger partial charge in [0.1, 0.15) is 11.5 Å². The van der Waals surface area contributed by atoms with Gasteiger partial charge in [-0.3, -0.25) is 4.99 Å². The zero-order valence-electron chi connectivity index (χ0n) is 13.7. The van der Waals surface area contributed by atoms with Crippen LogP contribution in [0.25, 0.3) is 11.3 Å². The van der Waals surface area contributed by atoms with Crippen molar-refractivity contribution in [2.45, 2.75) is 6.54 Å². The van der Waals surface area contributed by atoms with E-state index in [1.807, 2.05) is 6.07 Å². The number of H-pyrrole nitrogens is 1. The van der Waals surface area contributed by atoms with Crippen LogP contribution >= 0.6 is 0 Å². The number of hydrogen-bond acceptors (Lipinski definition) is 8. The SMILES string of the molecule is N#Cc1cccc(-c2cc(C(C=NCc3ncc[nH]3)=NN)nc(N)n2)c1. The molecule has 0 unspecified atom stereocenters. The lowest BCUT2D eigenvalue weighted by molar-refractivity contribution is 0.955. The number of imidazole rings is 1. The van der Waals surface area contributed by atoms with Gasteiger partial charge in [0.05, 0.1) is 35.8 Å². The van der Waals surface area contributed by atoms with E-state index in [1.54, 1.807) is 36.7 Å². The largest absolute Gasteiger partial charge is 0.368 e. The normalized spacial score (nSPS) is 11.6. The number of aromatic amines is 1. The number of nitrogens with zero attached hydrogens (tertiary/aromatic N) is 6. The first kappa shape index (κ1) is 16.8. The van der Waals surface area contributed by atoms with Gasteiger partial charge in [0.25, 0.3) is 0 Å². The summed E-state index contributed by atoms with van der Waals surface area (Å²) in [7, 11) is 0. The predicted molar refractivity (Wildman–Crippen MR) is 98.1 cm³/mol. The summed E-state index contributed by atoms with van der Waals surface area (Å²) < 4.78 is 0. The standard InChI is InChI=1S/C17H15N9/c18-8-11-2-1-3-12(6-11)13-7-14(25-17(19)24-13)15(26-20)9-21-10-16-22-4-5-23-16/h1-7,9H,10,20H2,(H,22,23)(H2,19,24,25). The molecule has 0 spiro atoms. The molecule has 0 amide bonds. The summed E-state index contributed by atoms with van der Waals surface area (Å²) in [6.07, 6.45) is 4.87. The third kappa shape index (κ3) is 3.88. The maximum Gasteiger partial charge on any atom is 0.221 e. The number of nitrogens with two attached hydrogens (primary N) is 2. The molecule has 1 aromatic carbocycles. The second-order valence-electron chi connectivity index (χ2n) is 5.21. The van der Waals surface area contributed by atoms with Crippen molar-refractivity contribution in [3.8, 4) is 17.3 Å². The molecule has 0 bridgehead atoms. The zero-order valence-corrected chi connectivity index (χ0v) is 13.7. The van der Waals surface area contributed by atoms with E-state index in [0.29, 0.717) is 35.0 Å². The average Bonchev–Trinajstić information content (AvgIpc) is 3.18. The summed E-state index contributed by atoms with van der Waals surface area (Å²) >= 11 is 0. The molecule has 3 rings (SSSR count). The number of benzene rings is 1.